The highest BCUT2D eigenvalue weighted by molar-refractivity contribution is 8.02. The molecule has 1 aromatic carbocycles. The number of amides is 2. The molecule has 36 heavy (non-hydrogen) atoms. The molecule has 1 fully saturated rings. The van der Waals surface area contributed by atoms with E-state index in [1.165, 1.54) is 47.0 Å². The molecule has 1 aromatic heterocycles. The van der Waals surface area contributed by atoms with E-state index in [0.29, 0.717) is 21.9 Å². The van der Waals surface area contributed by atoms with Gasteiger partial charge in [-0.3, -0.25) is 19.7 Å². The summed E-state index contributed by atoms with van der Waals surface area (Å²) in [5.74, 6) is -2.27. The molecule has 0 aliphatic carbocycles. The molecule has 0 spiro atoms. The third-order valence-corrected chi connectivity index (χ3v) is 7.57. The average Bonchev–Trinajstić information content (AvgIpc) is 3.09. The van der Waals surface area contributed by atoms with Crippen LogP contribution in [0.25, 0.3) is 0 Å². The normalized spacial score (nSPS) is 21.6. The Morgan fingerprint density at radius 1 is 1.28 bits per heavy atom. The number of nitro groups is 1. The van der Waals surface area contributed by atoms with E-state index in [4.69, 9.17) is 10.5 Å². The van der Waals surface area contributed by atoms with Crippen molar-refractivity contribution in [2.24, 2.45) is 17.6 Å². The number of fused-ring (bicyclic) bond motifs is 1. The summed E-state index contributed by atoms with van der Waals surface area (Å²) < 4.78 is 5.48. The molecule has 0 unspecified atom stereocenters. The first kappa shape index (κ1) is 25.3. The van der Waals surface area contributed by atoms with Crippen molar-refractivity contribution < 1.29 is 29.2 Å². The first-order chi connectivity index (χ1) is 17.1. The number of nitro benzene ring substituents is 1. The topological polar surface area (TPSA) is 166 Å². The lowest BCUT2D eigenvalue weighted by atomic mass is 9.79. The standard InChI is InChI=1S/C24H24N4O7S/c1-12-19-18(13(2)29)23(31)27(19)20(21(12)36-11-15-4-3-5-17(26-15)22(25)30)24(32)35-10-14-6-8-16(9-7-14)28(33)34/h3-9,12-13,18-19,29H,10-11H2,1-2H3,(H2,25,30)/t12-,13-,18-,19-/m1/s1. The summed E-state index contributed by atoms with van der Waals surface area (Å²) in [7, 11) is 0. The summed E-state index contributed by atoms with van der Waals surface area (Å²) in [6.07, 6.45) is -0.878. The zero-order valence-corrected chi connectivity index (χ0v) is 20.3. The maximum absolute atomic E-state index is 13.2. The van der Waals surface area contributed by atoms with E-state index >= 15 is 0 Å². The molecule has 2 aliphatic rings. The van der Waals surface area contributed by atoms with Gasteiger partial charge in [-0.05, 0) is 36.8 Å². The van der Waals surface area contributed by atoms with Gasteiger partial charge in [-0.25, -0.2) is 9.78 Å². The smallest absolute Gasteiger partial charge is 0.356 e. The number of ether oxygens (including phenoxy) is 1. The highest BCUT2D eigenvalue weighted by Gasteiger charge is 2.60. The van der Waals surface area contributed by atoms with Crippen molar-refractivity contribution in [1.82, 2.24) is 9.88 Å². The Morgan fingerprint density at radius 2 is 1.97 bits per heavy atom. The SMILES string of the molecule is C[C@@H](O)[C@H]1C(=O)N2C(C(=O)OCc3ccc([N+](=O)[O-])cc3)=C(SCc3cccc(C(N)=O)n3)[C@H](C)[C@H]12. The number of non-ortho nitro benzene ring substituents is 1. The number of hydrogen-bond acceptors (Lipinski definition) is 9. The molecule has 2 aliphatic heterocycles. The minimum absolute atomic E-state index is 0.0803. The molecule has 3 N–H and O–H groups in total. The Morgan fingerprint density at radius 3 is 2.58 bits per heavy atom. The molecule has 0 saturated carbocycles. The fourth-order valence-corrected chi connectivity index (χ4v) is 5.67. The summed E-state index contributed by atoms with van der Waals surface area (Å²) >= 11 is 1.31. The highest BCUT2D eigenvalue weighted by atomic mass is 32.2. The molecule has 12 heteroatoms. The van der Waals surface area contributed by atoms with Crippen LogP contribution in [0.15, 0.2) is 53.1 Å². The number of nitrogens with zero attached hydrogens (tertiary/aromatic N) is 3. The van der Waals surface area contributed by atoms with Gasteiger partial charge in [0.05, 0.1) is 28.7 Å². The molecule has 0 bridgehead atoms. The number of aromatic nitrogens is 1. The Bertz CT molecular complexity index is 1260. The predicted octanol–water partition coefficient (Wildman–Crippen LogP) is 2.13. The molecule has 4 atom stereocenters. The van der Waals surface area contributed by atoms with Crippen LogP contribution in [0.3, 0.4) is 0 Å². The Labute approximate surface area is 210 Å². The van der Waals surface area contributed by atoms with Gasteiger partial charge in [-0.2, -0.15) is 0 Å². The third-order valence-electron chi connectivity index (χ3n) is 6.25. The van der Waals surface area contributed by atoms with Crippen molar-refractivity contribution in [2.45, 2.75) is 38.4 Å². The van der Waals surface area contributed by atoms with Crippen LogP contribution >= 0.6 is 11.8 Å². The minimum atomic E-state index is -0.878. The third kappa shape index (κ3) is 4.69. The van der Waals surface area contributed by atoms with Crippen molar-refractivity contribution >= 4 is 35.2 Å². The summed E-state index contributed by atoms with van der Waals surface area (Å²) in [4.78, 5) is 54.0. The molecule has 188 valence electrons. The number of carbonyl (C=O) groups is 3. The van der Waals surface area contributed by atoms with Gasteiger partial charge >= 0.3 is 5.97 Å². The van der Waals surface area contributed by atoms with Gasteiger partial charge in [0.15, 0.2) is 0 Å². The molecule has 2 amide bonds. The molecule has 4 rings (SSSR count). The number of carbonyl (C=O) groups excluding carboxylic acids is 3. The van der Waals surface area contributed by atoms with Gasteiger partial charge < -0.3 is 20.5 Å². The number of primary amides is 1. The van der Waals surface area contributed by atoms with E-state index in [0.717, 1.165) is 0 Å². The Hall–Kier alpha value is -3.77. The van der Waals surface area contributed by atoms with Crippen LogP contribution < -0.4 is 5.73 Å². The quantitative estimate of drug-likeness (QED) is 0.221. The number of rotatable bonds is 9. The number of aliphatic hydroxyl groups is 1. The monoisotopic (exact) mass is 512 g/mol. The second kappa shape index (κ2) is 10.1. The first-order valence-corrected chi connectivity index (χ1v) is 12.1. The average molecular weight is 513 g/mol. The number of nitrogens with two attached hydrogens (primary N) is 1. The predicted molar refractivity (Wildman–Crippen MR) is 129 cm³/mol. The number of β-lactam (4-membered cyclic amide) rings is 1. The number of thioether (sulfide) groups is 1. The zero-order valence-electron chi connectivity index (χ0n) is 19.5. The van der Waals surface area contributed by atoms with Gasteiger partial charge in [0.25, 0.3) is 11.6 Å². The summed E-state index contributed by atoms with van der Waals surface area (Å²) in [6, 6.07) is 10.1. The lowest BCUT2D eigenvalue weighted by Gasteiger charge is -2.46. The van der Waals surface area contributed by atoms with Crippen LogP contribution in [-0.2, 0) is 26.7 Å². The molecular weight excluding hydrogens is 488 g/mol. The second-order valence-corrected chi connectivity index (χ2v) is 9.65. The van der Waals surface area contributed by atoms with Crippen molar-refractivity contribution in [3.63, 3.8) is 0 Å². The van der Waals surface area contributed by atoms with Gasteiger partial charge in [0, 0.05) is 28.7 Å². The van der Waals surface area contributed by atoms with Gasteiger partial charge in [-0.1, -0.05) is 13.0 Å². The lowest BCUT2D eigenvalue weighted by molar-refractivity contribution is -0.384. The molecule has 0 radical (unpaired) electrons. The zero-order chi connectivity index (χ0) is 26.1. The van der Waals surface area contributed by atoms with Crippen LogP contribution in [-0.4, -0.2) is 49.8 Å². The number of hydrogen-bond donors (Lipinski definition) is 2. The summed E-state index contributed by atoms with van der Waals surface area (Å²) in [5.41, 5.74) is 6.60. The van der Waals surface area contributed by atoms with Crippen LogP contribution in [0.5, 0.6) is 0 Å². The number of benzene rings is 1. The minimum Gasteiger partial charge on any atom is -0.456 e. The second-order valence-electron chi connectivity index (χ2n) is 8.63. The maximum atomic E-state index is 13.2. The van der Waals surface area contributed by atoms with Crippen molar-refractivity contribution in [3.05, 3.63) is 80.1 Å². The fourth-order valence-electron chi connectivity index (χ4n) is 4.49. The molecule has 3 heterocycles. The number of pyridine rings is 1. The van der Waals surface area contributed by atoms with Crippen LogP contribution in [0.1, 0.15) is 35.6 Å². The van der Waals surface area contributed by atoms with Crippen LogP contribution in [0, 0.1) is 22.0 Å². The van der Waals surface area contributed by atoms with E-state index in [1.807, 2.05) is 6.92 Å². The van der Waals surface area contributed by atoms with E-state index in [1.54, 1.807) is 19.1 Å². The molecule has 11 nitrogen and oxygen atoms in total. The Kier molecular flexibility index (Phi) is 7.09. The van der Waals surface area contributed by atoms with Gasteiger partial charge in [0.2, 0.25) is 5.91 Å². The van der Waals surface area contributed by atoms with Gasteiger partial charge in [-0.15, -0.1) is 11.8 Å². The summed E-state index contributed by atoms with van der Waals surface area (Å²) in [6.45, 7) is 3.29. The van der Waals surface area contributed by atoms with Crippen LogP contribution in [0.2, 0.25) is 0 Å². The van der Waals surface area contributed by atoms with E-state index < -0.39 is 28.8 Å². The largest absolute Gasteiger partial charge is 0.456 e. The highest BCUT2D eigenvalue weighted by Crippen LogP contribution is 2.51. The fraction of sp³-hybridized carbons (Fsp3) is 0.333. The Balaban J connectivity index is 1.56. The lowest BCUT2D eigenvalue weighted by Crippen LogP contribution is -2.63. The number of aliphatic hydroxyl groups excluding tert-OH is 1. The summed E-state index contributed by atoms with van der Waals surface area (Å²) in [5, 5.41) is 21.0. The van der Waals surface area contributed by atoms with Crippen molar-refractivity contribution in [2.75, 3.05) is 0 Å². The molecule has 1 saturated heterocycles. The molecule has 2 aromatic rings. The van der Waals surface area contributed by atoms with Crippen molar-refractivity contribution in [1.29, 1.82) is 0 Å². The maximum Gasteiger partial charge on any atom is 0.356 e. The number of esters is 1. The van der Waals surface area contributed by atoms with E-state index in [-0.39, 0.29) is 41.6 Å². The first-order valence-electron chi connectivity index (χ1n) is 11.1. The van der Waals surface area contributed by atoms with E-state index in [2.05, 4.69) is 4.98 Å². The molecular formula is C24H24N4O7S. The van der Waals surface area contributed by atoms with Gasteiger partial charge in [0.1, 0.15) is 18.0 Å². The van der Waals surface area contributed by atoms with E-state index in [9.17, 15) is 29.6 Å². The van der Waals surface area contributed by atoms with Crippen LogP contribution in [0.4, 0.5) is 5.69 Å². The van der Waals surface area contributed by atoms with Crippen molar-refractivity contribution in [3.8, 4) is 0 Å².